The van der Waals surface area contributed by atoms with Crippen molar-refractivity contribution >= 4 is 50.5 Å². The van der Waals surface area contributed by atoms with Crippen LogP contribution in [0, 0.1) is 6.92 Å². The molecule has 2 aromatic heterocycles. The van der Waals surface area contributed by atoms with Crippen molar-refractivity contribution in [2.45, 2.75) is 31.8 Å². The number of amides is 1. The van der Waals surface area contributed by atoms with Crippen molar-refractivity contribution in [3.05, 3.63) is 46.1 Å². The van der Waals surface area contributed by atoms with Crippen LogP contribution in [0.1, 0.15) is 31.0 Å². The summed E-state index contributed by atoms with van der Waals surface area (Å²) in [5.41, 5.74) is 4.40. The molecule has 0 radical (unpaired) electrons. The molecule has 0 atom stereocenters. The number of aromatic nitrogens is 3. The number of carbonyl (C=O) groups excluding carboxylic acids is 1. The molecule has 0 spiro atoms. The number of benzene rings is 1. The molecule has 1 aromatic carbocycles. The minimum Gasteiger partial charge on any atom is -0.331 e. The van der Waals surface area contributed by atoms with Crippen molar-refractivity contribution in [2.75, 3.05) is 11.1 Å². The summed E-state index contributed by atoms with van der Waals surface area (Å²) in [6.45, 7) is 6.15. The van der Waals surface area contributed by atoms with E-state index >= 15 is 0 Å². The minimum absolute atomic E-state index is 0.0520. The van der Waals surface area contributed by atoms with E-state index in [9.17, 15) is 4.79 Å². The quantitative estimate of drug-likeness (QED) is 0.578. The molecule has 0 saturated heterocycles. The summed E-state index contributed by atoms with van der Waals surface area (Å²) < 4.78 is 0.934. The molecule has 5 nitrogen and oxygen atoms in total. The maximum Gasteiger partial charge on any atom is 0.234 e. The van der Waals surface area contributed by atoms with Gasteiger partial charge in [0.25, 0.3) is 0 Å². The highest BCUT2D eigenvalue weighted by atomic mass is 79.9. The van der Waals surface area contributed by atoms with Gasteiger partial charge in [-0.05, 0) is 46.5 Å². The van der Waals surface area contributed by atoms with Crippen LogP contribution >= 0.6 is 27.7 Å². The number of fused-ring (bicyclic) bond motifs is 1. The van der Waals surface area contributed by atoms with Gasteiger partial charge >= 0.3 is 0 Å². The van der Waals surface area contributed by atoms with Gasteiger partial charge in [-0.25, -0.2) is 9.97 Å². The number of rotatable bonds is 5. The van der Waals surface area contributed by atoms with Crippen LogP contribution in [0.4, 0.5) is 5.69 Å². The molecule has 0 bridgehead atoms. The predicted molar refractivity (Wildman–Crippen MR) is 106 cm³/mol. The zero-order chi connectivity index (χ0) is 18.0. The molecule has 130 valence electrons. The number of anilines is 1. The maximum atomic E-state index is 12.3. The largest absolute Gasteiger partial charge is 0.331 e. The Hall–Kier alpha value is -1.86. The average Bonchev–Trinajstić information content (AvgIpc) is 2.95. The Balaban J connectivity index is 1.67. The fourth-order valence-electron chi connectivity index (χ4n) is 2.49. The molecule has 3 rings (SSSR count). The van der Waals surface area contributed by atoms with E-state index in [0.29, 0.717) is 16.7 Å². The van der Waals surface area contributed by atoms with Crippen LogP contribution in [0.25, 0.3) is 11.2 Å². The SMILES string of the molecule is Cc1nc2nc(SCC(=O)Nc3ccccc3C(C)C)[nH]c2cc1Br. The van der Waals surface area contributed by atoms with Gasteiger partial charge in [0.15, 0.2) is 10.8 Å². The lowest BCUT2D eigenvalue weighted by molar-refractivity contribution is -0.113. The van der Waals surface area contributed by atoms with E-state index in [1.165, 1.54) is 11.8 Å². The number of aryl methyl sites for hydroxylation is 1. The van der Waals surface area contributed by atoms with Crippen LogP contribution < -0.4 is 5.32 Å². The number of nitrogens with one attached hydrogen (secondary N) is 2. The number of H-pyrrole nitrogens is 1. The Morgan fingerprint density at radius 2 is 2.08 bits per heavy atom. The highest BCUT2D eigenvalue weighted by Crippen LogP contribution is 2.25. The van der Waals surface area contributed by atoms with E-state index in [0.717, 1.165) is 26.9 Å². The second-order valence-corrected chi connectivity index (χ2v) is 7.87. The normalized spacial score (nSPS) is 11.2. The first kappa shape index (κ1) is 17.9. The first-order valence-electron chi connectivity index (χ1n) is 7.98. The zero-order valence-corrected chi connectivity index (χ0v) is 16.7. The second-order valence-electron chi connectivity index (χ2n) is 6.05. The van der Waals surface area contributed by atoms with Gasteiger partial charge in [-0.2, -0.15) is 0 Å². The van der Waals surface area contributed by atoms with Gasteiger partial charge < -0.3 is 10.3 Å². The summed E-state index contributed by atoms with van der Waals surface area (Å²) in [7, 11) is 0. The van der Waals surface area contributed by atoms with Crippen LogP contribution in [0.5, 0.6) is 0 Å². The lowest BCUT2D eigenvalue weighted by atomic mass is 10.0. The average molecular weight is 419 g/mol. The lowest BCUT2D eigenvalue weighted by Gasteiger charge is -2.13. The van der Waals surface area contributed by atoms with Crippen molar-refractivity contribution in [2.24, 2.45) is 0 Å². The smallest absolute Gasteiger partial charge is 0.234 e. The molecule has 0 saturated carbocycles. The van der Waals surface area contributed by atoms with E-state index < -0.39 is 0 Å². The van der Waals surface area contributed by atoms with E-state index in [1.54, 1.807) is 0 Å². The molecule has 2 heterocycles. The Morgan fingerprint density at radius 3 is 2.84 bits per heavy atom. The van der Waals surface area contributed by atoms with Crippen LogP contribution in [0.3, 0.4) is 0 Å². The highest BCUT2D eigenvalue weighted by molar-refractivity contribution is 9.10. The first-order chi connectivity index (χ1) is 11.9. The van der Waals surface area contributed by atoms with Crippen molar-refractivity contribution in [1.82, 2.24) is 15.0 Å². The molecule has 0 fully saturated rings. The molecule has 25 heavy (non-hydrogen) atoms. The summed E-state index contributed by atoms with van der Waals surface area (Å²) >= 11 is 4.83. The molecule has 0 aliphatic carbocycles. The Bertz CT molecular complexity index is 884. The van der Waals surface area contributed by atoms with Crippen molar-refractivity contribution in [1.29, 1.82) is 0 Å². The molecular weight excluding hydrogens is 400 g/mol. The van der Waals surface area contributed by atoms with Gasteiger partial charge in [-0.15, -0.1) is 0 Å². The number of nitrogens with zero attached hydrogens (tertiary/aromatic N) is 2. The third-order valence-electron chi connectivity index (χ3n) is 3.78. The topological polar surface area (TPSA) is 70.7 Å². The number of hydrogen-bond donors (Lipinski definition) is 2. The monoisotopic (exact) mass is 418 g/mol. The number of aromatic amines is 1. The Morgan fingerprint density at radius 1 is 1.32 bits per heavy atom. The number of hydrogen-bond acceptors (Lipinski definition) is 4. The summed E-state index contributed by atoms with van der Waals surface area (Å²) in [6.07, 6.45) is 0. The zero-order valence-electron chi connectivity index (χ0n) is 14.3. The minimum atomic E-state index is -0.0520. The third kappa shape index (κ3) is 4.22. The van der Waals surface area contributed by atoms with Crippen molar-refractivity contribution in [3.8, 4) is 0 Å². The molecule has 1 amide bonds. The Kier molecular flexibility index (Phi) is 5.44. The van der Waals surface area contributed by atoms with E-state index in [1.807, 2.05) is 37.3 Å². The molecule has 0 unspecified atom stereocenters. The van der Waals surface area contributed by atoms with Crippen LogP contribution in [-0.2, 0) is 4.79 Å². The number of halogens is 1. The van der Waals surface area contributed by atoms with Crippen LogP contribution in [0.2, 0.25) is 0 Å². The van der Waals surface area contributed by atoms with Gasteiger partial charge in [0.2, 0.25) is 5.91 Å². The maximum absolute atomic E-state index is 12.3. The fourth-order valence-corrected chi connectivity index (χ4v) is 3.48. The van der Waals surface area contributed by atoms with Crippen LogP contribution in [-0.4, -0.2) is 26.6 Å². The van der Waals surface area contributed by atoms with E-state index in [4.69, 9.17) is 0 Å². The predicted octanol–water partition coefficient (Wildman–Crippen LogP) is 4.88. The summed E-state index contributed by atoms with van der Waals surface area (Å²) in [5, 5.41) is 3.68. The van der Waals surface area contributed by atoms with Gasteiger partial charge in [-0.3, -0.25) is 4.79 Å². The van der Waals surface area contributed by atoms with E-state index in [2.05, 4.69) is 50.0 Å². The molecule has 2 N–H and O–H groups in total. The van der Waals surface area contributed by atoms with Gasteiger partial charge in [0.05, 0.1) is 17.0 Å². The molecule has 3 aromatic rings. The molecule has 7 heteroatoms. The lowest BCUT2D eigenvalue weighted by Crippen LogP contribution is -2.15. The summed E-state index contributed by atoms with van der Waals surface area (Å²) in [4.78, 5) is 24.3. The molecule has 0 aliphatic rings. The Labute approximate surface area is 159 Å². The van der Waals surface area contributed by atoms with Gasteiger partial charge in [-0.1, -0.05) is 43.8 Å². The highest BCUT2D eigenvalue weighted by Gasteiger charge is 2.12. The number of carbonyl (C=O) groups is 1. The number of thioether (sulfide) groups is 1. The van der Waals surface area contributed by atoms with Gasteiger partial charge in [0.1, 0.15) is 0 Å². The number of pyridine rings is 1. The summed E-state index contributed by atoms with van der Waals surface area (Å²) in [5.74, 6) is 0.586. The van der Waals surface area contributed by atoms with Gasteiger partial charge in [0, 0.05) is 10.2 Å². The number of para-hydroxylation sites is 1. The molecular formula is C18H19BrN4OS. The van der Waals surface area contributed by atoms with Crippen LogP contribution in [0.15, 0.2) is 40.0 Å². The van der Waals surface area contributed by atoms with E-state index in [-0.39, 0.29) is 11.7 Å². The summed E-state index contributed by atoms with van der Waals surface area (Å²) in [6, 6.07) is 9.84. The number of imidazole rings is 1. The third-order valence-corrected chi connectivity index (χ3v) is 5.45. The van der Waals surface area contributed by atoms with Crippen molar-refractivity contribution in [3.63, 3.8) is 0 Å². The molecule has 0 aliphatic heterocycles. The first-order valence-corrected chi connectivity index (χ1v) is 9.76. The second kappa shape index (κ2) is 7.58. The van der Waals surface area contributed by atoms with Crippen molar-refractivity contribution < 1.29 is 4.79 Å². The fraction of sp³-hybridized carbons (Fsp3) is 0.278. The standard InChI is InChI=1S/C18H19BrN4OS/c1-10(2)12-6-4-5-7-14(12)21-16(24)9-25-18-22-15-8-13(19)11(3)20-17(15)23-18/h4-8,10H,9H2,1-3H3,(H,21,24)(H,20,22,23).